The van der Waals surface area contributed by atoms with Crippen LogP contribution in [0.1, 0.15) is 17.3 Å². The fraction of sp³-hybridized carbons (Fsp3) is 0.364. The molecule has 17 heavy (non-hydrogen) atoms. The van der Waals surface area contributed by atoms with Crippen molar-refractivity contribution >= 4 is 21.9 Å². The number of carbonyl (C=O) groups is 1. The molecule has 0 aliphatic heterocycles. The van der Waals surface area contributed by atoms with Crippen molar-refractivity contribution in [2.24, 2.45) is 0 Å². The predicted molar refractivity (Wildman–Crippen MR) is 62.6 cm³/mol. The first kappa shape index (κ1) is 13.9. The van der Waals surface area contributed by atoms with E-state index < -0.39 is 17.9 Å². The van der Waals surface area contributed by atoms with Gasteiger partial charge in [0.15, 0.2) is 11.6 Å². The number of halogens is 2. The fourth-order valence-electron chi connectivity index (χ4n) is 1.12. The van der Waals surface area contributed by atoms with E-state index in [9.17, 15) is 9.18 Å². The van der Waals surface area contributed by atoms with E-state index in [0.29, 0.717) is 0 Å². The molecule has 0 spiro atoms. The minimum atomic E-state index is -0.701. The standard InChI is InChI=1S/C11H12BrFO4/c1-6(14)5-17-8-4-3-7(11(15)16-2)9(12)10(8)13/h3-4,6,14H,5H2,1-2H3/t6-/m0/s1. The second kappa shape index (κ2) is 5.97. The summed E-state index contributed by atoms with van der Waals surface area (Å²) in [5.74, 6) is -1.38. The molecule has 0 heterocycles. The van der Waals surface area contributed by atoms with Gasteiger partial charge in [-0.25, -0.2) is 9.18 Å². The first-order chi connectivity index (χ1) is 7.97. The molecule has 6 heteroatoms. The van der Waals surface area contributed by atoms with Crippen molar-refractivity contribution in [3.63, 3.8) is 0 Å². The van der Waals surface area contributed by atoms with E-state index in [4.69, 9.17) is 9.84 Å². The van der Waals surface area contributed by atoms with Crippen molar-refractivity contribution in [1.82, 2.24) is 0 Å². The Morgan fingerprint density at radius 3 is 2.76 bits per heavy atom. The van der Waals surface area contributed by atoms with Gasteiger partial charge in [-0.2, -0.15) is 0 Å². The van der Waals surface area contributed by atoms with Crippen LogP contribution in [0.25, 0.3) is 0 Å². The van der Waals surface area contributed by atoms with Gasteiger partial charge in [0.1, 0.15) is 6.61 Å². The zero-order valence-corrected chi connectivity index (χ0v) is 11.0. The van der Waals surface area contributed by atoms with Gasteiger partial charge in [-0.15, -0.1) is 0 Å². The van der Waals surface area contributed by atoms with Crippen LogP contribution in [0.4, 0.5) is 4.39 Å². The number of methoxy groups -OCH3 is 1. The molecule has 0 saturated carbocycles. The molecular weight excluding hydrogens is 295 g/mol. The van der Waals surface area contributed by atoms with Gasteiger partial charge in [-0.3, -0.25) is 0 Å². The molecule has 0 aromatic heterocycles. The summed E-state index contributed by atoms with van der Waals surface area (Å²) in [6, 6.07) is 2.70. The Bertz CT molecular complexity index is 420. The number of hydrogen-bond acceptors (Lipinski definition) is 4. The number of hydrogen-bond donors (Lipinski definition) is 1. The van der Waals surface area contributed by atoms with Gasteiger partial charge >= 0.3 is 5.97 Å². The first-order valence-electron chi connectivity index (χ1n) is 4.84. The van der Waals surface area contributed by atoms with E-state index in [1.165, 1.54) is 26.2 Å². The highest BCUT2D eigenvalue weighted by Crippen LogP contribution is 2.29. The Hall–Kier alpha value is -1.14. The number of esters is 1. The van der Waals surface area contributed by atoms with Crippen LogP contribution in [-0.2, 0) is 4.74 Å². The van der Waals surface area contributed by atoms with Crippen LogP contribution in [0.15, 0.2) is 16.6 Å². The van der Waals surface area contributed by atoms with E-state index in [0.717, 1.165) is 0 Å². The minimum absolute atomic E-state index is 0.0209. The van der Waals surface area contributed by atoms with Gasteiger partial charge in [-0.1, -0.05) is 0 Å². The topological polar surface area (TPSA) is 55.8 Å². The van der Waals surface area contributed by atoms with E-state index in [2.05, 4.69) is 20.7 Å². The van der Waals surface area contributed by atoms with Crippen LogP contribution in [0.5, 0.6) is 5.75 Å². The van der Waals surface area contributed by atoms with Gasteiger partial charge in [-0.05, 0) is 35.0 Å². The second-order valence-corrected chi connectivity index (χ2v) is 4.18. The van der Waals surface area contributed by atoms with Crippen molar-refractivity contribution in [2.45, 2.75) is 13.0 Å². The van der Waals surface area contributed by atoms with Crippen LogP contribution >= 0.6 is 15.9 Å². The van der Waals surface area contributed by atoms with Gasteiger partial charge in [0.2, 0.25) is 0 Å². The van der Waals surface area contributed by atoms with Crippen molar-refractivity contribution in [1.29, 1.82) is 0 Å². The maximum absolute atomic E-state index is 13.7. The number of rotatable bonds is 4. The Morgan fingerprint density at radius 1 is 1.59 bits per heavy atom. The molecule has 0 aliphatic carbocycles. The Balaban J connectivity index is 2.98. The molecule has 94 valence electrons. The van der Waals surface area contributed by atoms with Crippen molar-refractivity contribution in [3.05, 3.63) is 28.0 Å². The van der Waals surface area contributed by atoms with Crippen LogP contribution in [-0.4, -0.2) is 30.9 Å². The third-order valence-corrected chi connectivity index (χ3v) is 2.71. The summed E-state index contributed by atoms with van der Waals surface area (Å²) in [6.45, 7) is 1.50. The molecule has 0 saturated heterocycles. The largest absolute Gasteiger partial charge is 0.488 e. The zero-order valence-electron chi connectivity index (χ0n) is 9.37. The summed E-state index contributed by atoms with van der Waals surface area (Å²) >= 11 is 2.96. The van der Waals surface area contributed by atoms with Crippen molar-refractivity contribution in [3.8, 4) is 5.75 Å². The molecule has 1 aromatic carbocycles. The smallest absolute Gasteiger partial charge is 0.339 e. The number of aliphatic hydroxyl groups excluding tert-OH is 1. The van der Waals surface area contributed by atoms with Crippen LogP contribution in [0.3, 0.4) is 0 Å². The van der Waals surface area contributed by atoms with E-state index >= 15 is 0 Å². The van der Waals surface area contributed by atoms with E-state index in [1.807, 2.05) is 0 Å². The normalized spacial score (nSPS) is 12.1. The van der Waals surface area contributed by atoms with Gasteiger partial charge in [0.05, 0.1) is 23.2 Å². The second-order valence-electron chi connectivity index (χ2n) is 3.39. The fourth-order valence-corrected chi connectivity index (χ4v) is 1.61. The van der Waals surface area contributed by atoms with Crippen LogP contribution in [0, 0.1) is 5.82 Å². The molecule has 1 N–H and O–H groups in total. The highest BCUT2D eigenvalue weighted by Gasteiger charge is 2.18. The lowest BCUT2D eigenvalue weighted by Gasteiger charge is -2.11. The first-order valence-corrected chi connectivity index (χ1v) is 5.63. The lowest BCUT2D eigenvalue weighted by Crippen LogP contribution is -2.14. The quantitative estimate of drug-likeness (QED) is 0.866. The Labute approximate surface area is 106 Å². The van der Waals surface area contributed by atoms with Crippen molar-refractivity contribution in [2.75, 3.05) is 13.7 Å². The molecule has 0 bridgehead atoms. The molecule has 1 aromatic rings. The lowest BCUT2D eigenvalue weighted by molar-refractivity contribution is 0.0598. The SMILES string of the molecule is COC(=O)c1ccc(OC[C@H](C)O)c(F)c1Br. The maximum atomic E-state index is 13.7. The summed E-state index contributed by atoms with van der Waals surface area (Å²) in [5.41, 5.74) is 0.0781. The van der Waals surface area contributed by atoms with Crippen LogP contribution < -0.4 is 4.74 Å². The molecule has 0 amide bonds. The zero-order chi connectivity index (χ0) is 13.0. The minimum Gasteiger partial charge on any atom is -0.488 e. The molecule has 1 atom stereocenters. The molecule has 0 fully saturated rings. The summed E-state index contributed by atoms with van der Waals surface area (Å²) < 4.78 is 23.3. The third-order valence-electron chi connectivity index (χ3n) is 1.93. The Kier molecular flexibility index (Phi) is 4.89. The van der Waals surface area contributed by atoms with E-state index in [1.54, 1.807) is 0 Å². The maximum Gasteiger partial charge on any atom is 0.339 e. The highest BCUT2D eigenvalue weighted by atomic mass is 79.9. The number of ether oxygens (including phenoxy) is 2. The monoisotopic (exact) mass is 306 g/mol. The molecule has 0 aliphatic rings. The summed E-state index contributed by atoms with van der Waals surface area (Å²) in [4.78, 5) is 11.3. The summed E-state index contributed by atoms with van der Waals surface area (Å²) in [7, 11) is 1.21. The number of carbonyl (C=O) groups excluding carboxylic acids is 1. The molecule has 0 unspecified atom stereocenters. The average Bonchev–Trinajstić information content (AvgIpc) is 2.30. The predicted octanol–water partition coefficient (Wildman–Crippen LogP) is 2.13. The van der Waals surface area contributed by atoms with Gasteiger partial charge in [0.25, 0.3) is 0 Å². The van der Waals surface area contributed by atoms with Crippen molar-refractivity contribution < 1.29 is 23.8 Å². The Morgan fingerprint density at radius 2 is 2.24 bits per heavy atom. The molecule has 0 radical (unpaired) electrons. The van der Waals surface area contributed by atoms with E-state index in [-0.39, 0.29) is 22.4 Å². The lowest BCUT2D eigenvalue weighted by atomic mass is 10.2. The number of benzene rings is 1. The third kappa shape index (κ3) is 3.41. The average molecular weight is 307 g/mol. The molecular formula is C11H12BrFO4. The highest BCUT2D eigenvalue weighted by molar-refractivity contribution is 9.10. The van der Waals surface area contributed by atoms with Gasteiger partial charge < -0.3 is 14.6 Å². The summed E-state index contributed by atoms with van der Waals surface area (Å²) in [5, 5.41) is 9.02. The number of aliphatic hydroxyl groups is 1. The molecule has 4 nitrogen and oxygen atoms in total. The summed E-state index contributed by atoms with van der Waals surface area (Å²) in [6.07, 6.45) is -0.701. The molecule has 1 rings (SSSR count). The van der Waals surface area contributed by atoms with Gasteiger partial charge in [0, 0.05) is 0 Å². The van der Waals surface area contributed by atoms with Crippen LogP contribution in [0.2, 0.25) is 0 Å².